The molecule has 1 aromatic rings. The first-order valence-corrected chi connectivity index (χ1v) is 7.89. The lowest BCUT2D eigenvalue weighted by Gasteiger charge is -1.99. The van der Waals surface area contributed by atoms with Crippen LogP contribution in [-0.4, -0.2) is 17.0 Å². The summed E-state index contributed by atoms with van der Waals surface area (Å²) in [7, 11) is 0. The molecule has 1 fully saturated rings. The van der Waals surface area contributed by atoms with Crippen LogP contribution < -0.4 is 5.43 Å². The Balaban J connectivity index is 1.52. The highest BCUT2D eigenvalue weighted by Gasteiger charge is 2.53. The van der Waals surface area contributed by atoms with Crippen LogP contribution in [0.25, 0.3) is 0 Å². The van der Waals surface area contributed by atoms with Gasteiger partial charge in [-0.05, 0) is 55.2 Å². The Morgan fingerprint density at radius 3 is 2.35 bits per heavy atom. The monoisotopic (exact) mass is 313 g/mol. The van der Waals surface area contributed by atoms with Crippen LogP contribution in [-0.2, 0) is 4.79 Å². The van der Waals surface area contributed by atoms with Crippen LogP contribution in [0, 0.1) is 27.9 Å². The Morgan fingerprint density at radius 2 is 1.78 bits per heavy atom. The number of benzene rings is 1. The number of amides is 1. The summed E-state index contributed by atoms with van der Waals surface area (Å²) in [6.45, 7) is 0. The largest absolute Gasteiger partial charge is 0.273 e. The van der Waals surface area contributed by atoms with Gasteiger partial charge in [0.25, 0.3) is 5.69 Å². The normalized spacial score (nSPS) is 26.2. The molecule has 0 aromatic heterocycles. The molecule has 1 saturated carbocycles. The van der Waals surface area contributed by atoms with Gasteiger partial charge >= 0.3 is 0 Å². The molecule has 120 valence electrons. The Kier molecular flexibility index (Phi) is 4.50. The number of non-ortho nitro benzene ring substituents is 1. The Labute approximate surface area is 134 Å². The molecule has 0 bridgehead atoms. The van der Waals surface area contributed by atoms with E-state index in [1.165, 1.54) is 18.3 Å². The van der Waals surface area contributed by atoms with E-state index in [1.807, 2.05) is 0 Å². The fraction of sp³-hybridized carbons (Fsp3) is 0.412. The first-order chi connectivity index (χ1) is 11.2. The summed E-state index contributed by atoms with van der Waals surface area (Å²) in [5, 5.41) is 14.6. The number of nitrogens with one attached hydrogen (secondary N) is 1. The summed E-state index contributed by atoms with van der Waals surface area (Å²) in [6, 6.07) is 6.03. The molecule has 23 heavy (non-hydrogen) atoms. The van der Waals surface area contributed by atoms with E-state index in [4.69, 9.17) is 0 Å². The van der Waals surface area contributed by atoms with Crippen molar-refractivity contribution in [2.45, 2.75) is 25.7 Å². The number of hydrogen-bond acceptors (Lipinski definition) is 4. The molecule has 1 N–H and O–H groups in total. The third-order valence-corrected chi connectivity index (χ3v) is 4.63. The zero-order valence-electron chi connectivity index (χ0n) is 12.7. The number of hydrogen-bond donors (Lipinski definition) is 1. The summed E-state index contributed by atoms with van der Waals surface area (Å²) in [6.07, 6.45) is 10.2. The number of rotatable bonds is 4. The highest BCUT2D eigenvalue weighted by molar-refractivity contribution is 5.85. The molecule has 1 aromatic carbocycles. The van der Waals surface area contributed by atoms with Gasteiger partial charge in [-0.3, -0.25) is 14.9 Å². The third kappa shape index (κ3) is 3.64. The lowest BCUT2D eigenvalue weighted by Crippen LogP contribution is -2.21. The zero-order valence-corrected chi connectivity index (χ0v) is 12.7. The maximum Gasteiger partial charge on any atom is 0.269 e. The van der Waals surface area contributed by atoms with E-state index in [2.05, 4.69) is 22.7 Å². The van der Waals surface area contributed by atoms with Crippen molar-refractivity contribution in [3.05, 3.63) is 52.1 Å². The molecule has 6 nitrogen and oxygen atoms in total. The van der Waals surface area contributed by atoms with Gasteiger partial charge in [-0.25, -0.2) is 5.43 Å². The van der Waals surface area contributed by atoms with E-state index in [-0.39, 0.29) is 17.5 Å². The number of hydrazone groups is 1. The lowest BCUT2D eigenvalue weighted by molar-refractivity contribution is -0.384. The lowest BCUT2D eigenvalue weighted by atomic mass is 10.1. The van der Waals surface area contributed by atoms with Gasteiger partial charge in [0.15, 0.2) is 0 Å². The van der Waals surface area contributed by atoms with Crippen molar-refractivity contribution in [1.29, 1.82) is 0 Å². The summed E-state index contributed by atoms with van der Waals surface area (Å²) in [5.41, 5.74) is 3.35. The van der Waals surface area contributed by atoms with Gasteiger partial charge < -0.3 is 0 Å². The minimum Gasteiger partial charge on any atom is -0.273 e. The molecule has 2 aliphatic carbocycles. The van der Waals surface area contributed by atoms with Gasteiger partial charge in [0, 0.05) is 18.1 Å². The van der Waals surface area contributed by atoms with Gasteiger partial charge in [-0.2, -0.15) is 5.10 Å². The van der Waals surface area contributed by atoms with E-state index in [0.29, 0.717) is 17.4 Å². The van der Waals surface area contributed by atoms with Crippen molar-refractivity contribution in [1.82, 2.24) is 5.43 Å². The number of carbonyl (C=O) groups excluding carboxylic acids is 1. The quantitative estimate of drug-likeness (QED) is 0.401. The number of nitro benzene ring substituents is 1. The Hall–Kier alpha value is -2.50. The molecule has 6 heteroatoms. The minimum atomic E-state index is -0.447. The average Bonchev–Trinajstić information content (AvgIpc) is 3.19. The average molecular weight is 313 g/mol. The second kappa shape index (κ2) is 6.73. The highest BCUT2D eigenvalue weighted by Crippen LogP contribution is 2.52. The number of nitro groups is 1. The molecule has 0 aliphatic heterocycles. The second-order valence-electron chi connectivity index (χ2n) is 6.06. The Bertz CT molecular complexity index is 636. The molecule has 3 rings (SSSR count). The van der Waals surface area contributed by atoms with Crippen molar-refractivity contribution in [2.24, 2.45) is 22.9 Å². The smallest absolute Gasteiger partial charge is 0.269 e. The second-order valence-corrected chi connectivity index (χ2v) is 6.06. The molecule has 0 saturated heterocycles. The minimum absolute atomic E-state index is 0.0138. The fourth-order valence-corrected chi connectivity index (χ4v) is 3.36. The molecule has 0 spiro atoms. The van der Waals surface area contributed by atoms with Crippen LogP contribution in [0.4, 0.5) is 5.69 Å². The molecule has 3 atom stereocenters. The van der Waals surface area contributed by atoms with Crippen LogP contribution in [0.1, 0.15) is 31.2 Å². The summed E-state index contributed by atoms with van der Waals surface area (Å²) < 4.78 is 0. The molecular weight excluding hydrogens is 294 g/mol. The summed E-state index contributed by atoms with van der Waals surface area (Å²) >= 11 is 0. The van der Waals surface area contributed by atoms with Gasteiger partial charge in [0.2, 0.25) is 5.91 Å². The standard InChI is InChI=1S/C17H19N3O3/c21-17(16-14-5-3-1-2-4-6-15(14)16)19-18-11-12-7-9-13(10-8-12)20(22)23/h1-2,7-11,14-16H,3-6H2,(H,19,21)/b2-1?,18-11-/t14-,15+,16?. The number of nitrogens with zero attached hydrogens (tertiary/aromatic N) is 2. The van der Waals surface area contributed by atoms with Crippen molar-refractivity contribution in [2.75, 3.05) is 0 Å². The third-order valence-electron chi connectivity index (χ3n) is 4.63. The summed E-state index contributed by atoms with van der Waals surface area (Å²) in [4.78, 5) is 22.3. The van der Waals surface area contributed by atoms with E-state index >= 15 is 0 Å². The van der Waals surface area contributed by atoms with E-state index in [9.17, 15) is 14.9 Å². The number of carbonyl (C=O) groups is 1. The number of fused-ring (bicyclic) bond motifs is 1. The van der Waals surface area contributed by atoms with Crippen molar-refractivity contribution in [3.8, 4) is 0 Å². The molecule has 1 unspecified atom stereocenters. The van der Waals surface area contributed by atoms with Crippen molar-refractivity contribution >= 4 is 17.8 Å². The molecule has 0 heterocycles. The van der Waals surface area contributed by atoms with Crippen LogP contribution in [0.5, 0.6) is 0 Å². The van der Waals surface area contributed by atoms with Crippen LogP contribution in [0.2, 0.25) is 0 Å². The van der Waals surface area contributed by atoms with E-state index in [1.54, 1.807) is 12.1 Å². The predicted molar refractivity (Wildman–Crippen MR) is 86.9 cm³/mol. The van der Waals surface area contributed by atoms with E-state index in [0.717, 1.165) is 25.7 Å². The first kappa shape index (κ1) is 15.4. The SMILES string of the molecule is O=C(N/N=C\c1ccc([N+](=O)[O-])cc1)C1[C@H]2CCC=CCC[C@@H]12. The molecule has 2 aliphatic rings. The number of allylic oxidation sites excluding steroid dienone is 2. The Morgan fingerprint density at radius 1 is 1.17 bits per heavy atom. The van der Waals surface area contributed by atoms with Gasteiger partial charge in [-0.1, -0.05) is 12.2 Å². The van der Waals surface area contributed by atoms with Crippen LogP contribution in [0.3, 0.4) is 0 Å². The van der Waals surface area contributed by atoms with Gasteiger partial charge in [-0.15, -0.1) is 0 Å². The fourth-order valence-electron chi connectivity index (χ4n) is 3.36. The van der Waals surface area contributed by atoms with Crippen molar-refractivity contribution in [3.63, 3.8) is 0 Å². The van der Waals surface area contributed by atoms with Crippen LogP contribution in [0.15, 0.2) is 41.5 Å². The van der Waals surface area contributed by atoms with Crippen LogP contribution >= 0.6 is 0 Å². The van der Waals surface area contributed by atoms with Gasteiger partial charge in [0.05, 0.1) is 11.1 Å². The zero-order chi connectivity index (χ0) is 16.2. The highest BCUT2D eigenvalue weighted by atomic mass is 16.6. The van der Waals surface area contributed by atoms with Crippen molar-refractivity contribution < 1.29 is 9.72 Å². The maximum atomic E-state index is 12.2. The van der Waals surface area contributed by atoms with Gasteiger partial charge in [0.1, 0.15) is 0 Å². The molecule has 0 radical (unpaired) electrons. The van der Waals surface area contributed by atoms with E-state index < -0.39 is 4.92 Å². The first-order valence-electron chi connectivity index (χ1n) is 7.89. The molecular formula is C17H19N3O3. The maximum absolute atomic E-state index is 12.2. The summed E-state index contributed by atoms with van der Waals surface area (Å²) in [5.74, 6) is 1.06. The topological polar surface area (TPSA) is 84.6 Å². The molecule has 1 amide bonds. The predicted octanol–water partition coefficient (Wildman–Crippen LogP) is 3.04.